The van der Waals surface area contributed by atoms with Crippen LogP contribution in [0, 0.1) is 0 Å². The first-order chi connectivity index (χ1) is 14.8. The smallest absolute Gasteiger partial charge is 0.345 e. The van der Waals surface area contributed by atoms with Gasteiger partial charge in [0.05, 0.1) is 29.7 Å². The fourth-order valence-corrected chi connectivity index (χ4v) is 3.82. The number of benzene rings is 2. The summed E-state index contributed by atoms with van der Waals surface area (Å²) in [6.45, 7) is -0.000242. The Morgan fingerprint density at radius 3 is 2.48 bits per heavy atom. The molecule has 0 radical (unpaired) electrons. The molecule has 158 valence electrons. The standard InChI is InChI=1S/C21H14ClF3N4OS/c22-14-6-8-15(9-7-14)29-19(21(23,24)25)16(10-27-29)20(30)26-11-18-28-17(12-31-18)13-4-2-1-3-5-13/h1-10,12H,11H2,(H,26,30). The van der Waals surface area contributed by atoms with Crippen LogP contribution >= 0.6 is 22.9 Å². The molecule has 4 aromatic rings. The Bertz CT molecular complexity index is 1200. The number of carbonyl (C=O) groups excluding carboxylic acids is 1. The zero-order chi connectivity index (χ0) is 22.0. The van der Waals surface area contributed by atoms with Gasteiger partial charge in [-0.15, -0.1) is 11.3 Å². The zero-order valence-electron chi connectivity index (χ0n) is 15.7. The first-order valence-electron chi connectivity index (χ1n) is 9.02. The van der Waals surface area contributed by atoms with Crippen LogP contribution in [0.5, 0.6) is 0 Å². The summed E-state index contributed by atoms with van der Waals surface area (Å²) in [6, 6.07) is 15.1. The fraction of sp³-hybridized carbons (Fsp3) is 0.0952. The summed E-state index contributed by atoms with van der Waals surface area (Å²) in [6.07, 6.45) is -3.88. The number of halogens is 4. The molecule has 31 heavy (non-hydrogen) atoms. The normalized spacial score (nSPS) is 11.5. The molecule has 1 amide bonds. The summed E-state index contributed by atoms with van der Waals surface area (Å²) in [5.74, 6) is -0.885. The van der Waals surface area contributed by atoms with E-state index >= 15 is 0 Å². The van der Waals surface area contributed by atoms with Crippen molar-refractivity contribution < 1.29 is 18.0 Å². The van der Waals surface area contributed by atoms with Gasteiger partial charge in [0.15, 0.2) is 5.69 Å². The summed E-state index contributed by atoms with van der Waals surface area (Å²) < 4.78 is 41.9. The molecule has 1 N–H and O–H groups in total. The number of hydrogen-bond acceptors (Lipinski definition) is 4. The fourth-order valence-electron chi connectivity index (χ4n) is 2.95. The van der Waals surface area contributed by atoms with Crippen molar-refractivity contribution in [1.29, 1.82) is 0 Å². The molecule has 0 spiro atoms. The SMILES string of the molecule is O=C(NCc1nc(-c2ccccc2)cs1)c1cnn(-c2ccc(Cl)cc2)c1C(F)(F)F. The van der Waals surface area contributed by atoms with Crippen LogP contribution in [0.2, 0.25) is 5.02 Å². The monoisotopic (exact) mass is 462 g/mol. The minimum Gasteiger partial charge on any atom is -0.345 e. The van der Waals surface area contributed by atoms with Gasteiger partial charge in [0.2, 0.25) is 0 Å². The van der Waals surface area contributed by atoms with Crippen molar-refractivity contribution in [3.8, 4) is 16.9 Å². The molecule has 0 aliphatic rings. The number of rotatable bonds is 5. The molecule has 4 rings (SSSR count). The van der Waals surface area contributed by atoms with Crippen LogP contribution in [0.3, 0.4) is 0 Å². The predicted octanol–water partition coefficient (Wildman–Crippen LogP) is 5.60. The molecule has 0 aliphatic heterocycles. The lowest BCUT2D eigenvalue weighted by molar-refractivity contribution is -0.143. The van der Waals surface area contributed by atoms with Crippen LogP contribution < -0.4 is 5.32 Å². The second-order valence-electron chi connectivity index (χ2n) is 6.47. The van der Waals surface area contributed by atoms with E-state index in [0.29, 0.717) is 14.7 Å². The van der Waals surface area contributed by atoms with Crippen LogP contribution in [-0.4, -0.2) is 20.7 Å². The predicted molar refractivity (Wildman–Crippen MR) is 112 cm³/mol. The third-order valence-electron chi connectivity index (χ3n) is 4.38. The minimum atomic E-state index is -4.79. The minimum absolute atomic E-state index is 0.000242. The lowest BCUT2D eigenvalue weighted by atomic mass is 10.2. The molecule has 0 aliphatic carbocycles. The van der Waals surface area contributed by atoms with Gasteiger partial charge in [0.25, 0.3) is 5.91 Å². The molecule has 10 heteroatoms. The highest BCUT2D eigenvalue weighted by atomic mass is 35.5. The third kappa shape index (κ3) is 4.62. The van der Waals surface area contributed by atoms with E-state index in [1.807, 2.05) is 35.7 Å². The van der Waals surface area contributed by atoms with Gasteiger partial charge in [-0.1, -0.05) is 41.9 Å². The highest BCUT2D eigenvalue weighted by molar-refractivity contribution is 7.09. The molecule has 0 atom stereocenters. The number of amides is 1. The van der Waals surface area contributed by atoms with E-state index in [0.717, 1.165) is 17.5 Å². The topological polar surface area (TPSA) is 59.8 Å². The maximum atomic E-state index is 13.7. The van der Waals surface area contributed by atoms with Crippen molar-refractivity contribution in [2.45, 2.75) is 12.7 Å². The molecule has 0 fully saturated rings. The summed E-state index contributed by atoms with van der Waals surface area (Å²) in [5.41, 5.74) is 0.0724. The second-order valence-corrected chi connectivity index (χ2v) is 7.85. The van der Waals surface area contributed by atoms with Crippen molar-refractivity contribution >= 4 is 28.8 Å². The van der Waals surface area contributed by atoms with Crippen LogP contribution in [-0.2, 0) is 12.7 Å². The Balaban J connectivity index is 1.55. The highest BCUT2D eigenvalue weighted by Gasteiger charge is 2.40. The second kappa shape index (κ2) is 8.52. The van der Waals surface area contributed by atoms with Crippen molar-refractivity contribution in [3.63, 3.8) is 0 Å². The third-order valence-corrected chi connectivity index (χ3v) is 5.48. The number of alkyl halides is 3. The molecule has 0 saturated carbocycles. The Kier molecular flexibility index (Phi) is 5.79. The molecule has 2 aromatic carbocycles. The Labute approximate surface area is 184 Å². The van der Waals surface area contributed by atoms with Gasteiger partial charge in [-0.05, 0) is 24.3 Å². The summed E-state index contributed by atoms with van der Waals surface area (Å²) in [5, 5.41) is 9.06. The maximum absolute atomic E-state index is 13.7. The lowest BCUT2D eigenvalue weighted by Crippen LogP contribution is -2.26. The van der Waals surface area contributed by atoms with Gasteiger partial charge in [0, 0.05) is 16.0 Å². The van der Waals surface area contributed by atoms with Crippen molar-refractivity contribution in [1.82, 2.24) is 20.1 Å². The Morgan fingerprint density at radius 2 is 1.81 bits per heavy atom. The molecule has 0 unspecified atom stereocenters. The quantitative estimate of drug-likeness (QED) is 0.420. The zero-order valence-corrected chi connectivity index (χ0v) is 17.3. The summed E-state index contributed by atoms with van der Waals surface area (Å²) in [4.78, 5) is 17.0. The summed E-state index contributed by atoms with van der Waals surface area (Å²) in [7, 11) is 0. The number of carbonyl (C=O) groups is 1. The van der Waals surface area contributed by atoms with Crippen molar-refractivity contribution in [2.75, 3.05) is 0 Å². The lowest BCUT2D eigenvalue weighted by Gasteiger charge is -2.12. The van der Waals surface area contributed by atoms with Gasteiger partial charge in [-0.25, -0.2) is 9.67 Å². The van der Waals surface area contributed by atoms with E-state index in [9.17, 15) is 18.0 Å². The number of nitrogens with zero attached hydrogens (tertiary/aromatic N) is 3. The first kappa shape index (κ1) is 21.1. The number of thiazole rings is 1. The molecule has 2 aromatic heterocycles. The van der Waals surface area contributed by atoms with Crippen LogP contribution in [0.1, 0.15) is 21.1 Å². The van der Waals surface area contributed by atoms with E-state index in [4.69, 9.17) is 11.6 Å². The molecule has 2 heterocycles. The Hall–Kier alpha value is -3.17. The maximum Gasteiger partial charge on any atom is 0.434 e. The number of nitrogens with one attached hydrogen (secondary N) is 1. The first-order valence-corrected chi connectivity index (χ1v) is 10.3. The highest BCUT2D eigenvalue weighted by Crippen LogP contribution is 2.34. The van der Waals surface area contributed by atoms with Gasteiger partial charge < -0.3 is 5.32 Å². The van der Waals surface area contributed by atoms with E-state index in [2.05, 4.69) is 15.4 Å². The average molecular weight is 463 g/mol. The van der Waals surface area contributed by atoms with Gasteiger partial charge >= 0.3 is 6.18 Å². The van der Waals surface area contributed by atoms with Crippen molar-refractivity contribution in [3.05, 3.63) is 87.5 Å². The van der Waals surface area contributed by atoms with Gasteiger partial charge in [-0.3, -0.25) is 4.79 Å². The largest absolute Gasteiger partial charge is 0.434 e. The van der Waals surface area contributed by atoms with E-state index in [1.54, 1.807) is 0 Å². The molecule has 5 nitrogen and oxygen atoms in total. The molecular formula is C21H14ClF3N4OS. The Morgan fingerprint density at radius 1 is 1.10 bits per heavy atom. The number of aromatic nitrogens is 3. The van der Waals surface area contributed by atoms with Crippen molar-refractivity contribution in [2.24, 2.45) is 0 Å². The van der Waals surface area contributed by atoms with Crippen LogP contribution in [0.15, 0.2) is 66.2 Å². The van der Waals surface area contributed by atoms with E-state index < -0.39 is 23.3 Å². The van der Waals surface area contributed by atoms with Crippen LogP contribution in [0.25, 0.3) is 16.9 Å². The van der Waals surface area contributed by atoms with Gasteiger partial charge in [-0.2, -0.15) is 18.3 Å². The molecule has 0 bridgehead atoms. The molecular weight excluding hydrogens is 449 g/mol. The van der Waals surface area contributed by atoms with E-state index in [-0.39, 0.29) is 12.2 Å². The van der Waals surface area contributed by atoms with Gasteiger partial charge in [0.1, 0.15) is 5.01 Å². The summed E-state index contributed by atoms with van der Waals surface area (Å²) >= 11 is 7.12. The van der Waals surface area contributed by atoms with E-state index in [1.165, 1.54) is 35.6 Å². The molecule has 0 saturated heterocycles. The van der Waals surface area contributed by atoms with Crippen LogP contribution in [0.4, 0.5) is 13.2 Å². The average Bonchev–Trinajstić information content (AvgIpc) is 3.41. The number of hydrogen-bond donors (Lipinski definition) is 1.